The van der Waals surface area contributed by atoms with Crippen molar-refractivity contribution in [3.63, 3.8) is 0 Å². The van der Waals surface area contributed by atoms with E-state index in [9.17, 15) is 18.0 Å². The van der Waals surface area contributed by atoms with E-state index in [1.54, 1.807) is 12.1 Å². The summed E-state index contributed by atoms with van der Waals surface area (Å²) in [5.41, 5.74) is 4.42. The van der Waals surface area contributed by atoms with Gasteiger partial charge in [0.25, 0.3) is 10.0 Å². The van der Waals surface area contributed by atoms with Gasteiger partial charge in [-0.2, -0.15) is 0 Å². The fourth-order valence-electron chi connectivity index (χ4n) is 3.61. The normalized spacial score (nSPS) is 17.1. The zero-order valence-electron chi connectivity index (χ0n) is 16.4. The molecule has 0 radical (unpaired) electrons. The molecule has 2 aromatic carbocycles. The van der Waals surface area contributed by atoms with E-state index in [4.69, 9.17) is 0 Å². The first-order valence-corrected chi connectivity index (χ1v) is 10.6. The van der Waals surface area contributed by atoms with E-state index < -0.39 is 27.9 Å². The maximum absolute atomic E-state index is 13.0. The Bertz CT molecular complexity index is 1020. The van der Waals surface area contributed by atoms with Crippen molar-refractivity contribution in [2.24, 2.45) is 0 Å². The summed E-state index contributed by atoms with van der Waals surface area (Å²) in [7, 11) is -4.10. The molecule has 1 heterocycles. The van der Waals surface area contributed by atoms with Gasteiger partial charge in [0.2, 0.25) is 11.8 Å². The van der Waals surface area contributed by atoms with E-state index in [-0.39, 0.29) is 17.7 Å². The van der Waals surface area contributed by atoms with Crippen LogP contribution in [0.25, 0.3) is 0 Å². The number of rotatable bonds is 4. The molecule has 1 aliphatic rings. The van der Waals surface area contributed by atoms with Crippen LogP contribution in [0.4, 0.5) is 5.69 Å². The molecule has 1 N–H and O–H groups in total. The van der Waals surface area contributed by atoms with Crippen LogP contribution in [0.2, 0.25) is 0 Å². The molecule has 1 aliphatic heterocycles. The Morgan fingerprint density at radius 3 is 2.14 bits per heavy atom. The number of aryl methyl sites for hydroxylation is 4. The highest BCUT2D eigenvalue weighted by Crippen LogP contribution is 2.29. The van der Waals surface area contributed by atoms with E-state index in [1.807, 2.05) is 39.8 Å². The van der Waals surface area contributed by atoms with Gasteiger partial charge in [0.15, 0.2) is 0 Å². The highest BCUT2D eigenvalue weighted by molar-refractivity contribution is 7.89. The lowest BCUT2D eigenvalue weighted by Gasteiger charge is -2.24. The molecule has 1 atom stereocenters. The summed E-state index contributed by atoms with van der Waals surface area (Å²) in [4.78, 5) is 25.3. The van der Waals surface area contributed by atoms with E-state index in [0.717, 1.165) is 26.6 Å². The maximum atomic E-state index is 13.0. The van der Waals surface area contributed by atoms with Crippen LogP contribution in [0.15, 0.2) is 41.3 Å². The van der Waals surface area contributed by atoms with Crippen LogP contribution < -0.4 is 5.32 Å². The molecular weight excluding hydrogens is 376 g/mol. The second kappa shape index (κ2) is 7.39. The number of amides is 2. The lowest BCUT2D eigenvalue weighted by molar-refractivity contribution is -0.128. The Morgan fingerprint density at radius 2 is 1.57 bits per heavy atom. The van der Waals surface area contributed by atoms with E-state index in [2.05, 4.69) is 5.32 Å². The minimum absolute atomic E-state index is 0.00819. The summed E-state index contributed by atoms with van der Waals surface area (Å²) in [5.74, 6) is -1.05. The molecule has 0 saturated carbocycles. The Balaban J connectivity index is 1.92. The van der Waals surface area contributed by atoms with Crippen molar-refractivity contribution in [2.75, 3.05) is 5.32 Å². The number of hydrogen-bond acceptors (Lipinski definition) is 4. The number of hydrogen-bond donors (Lipinski definition) is 1. The van der Waals surface area contributed by atoms with Gasteiger partial charge in [-0.15, -0.1) is 0 Å². The molecular formula is C21H24N2O4S. The fraction of sp³-hybridized carbons (Fsp3) is 0.333. The fourth-order valence-corrected chi connectivity index (χ4v) is 5.21. The SMILES string of the molecule is Cc1ccc(S(=O)(=O)N2C(=O)CC[C@H]2C(=O)Nc2c(C)cc(C)cc2C)cc1. The monoisotopic (exact) mass is 400 g/mol. The molecule has 0 aliphatic carbocycles. The van der Waals surface area contributed by atoms with Gasteiger partial charge in [0.1, 0.15) is 6.04 Å². The van der Waals surface area contributed by atoms with E-state index in [0.29, 0.717) is 5.69 Å². The van der Waals surface area contributed by atoms with Crippen LogP contribution in [-0.2, 0) is 19.6 Å². The molecule has 0 unspecified atom stereocenters. The summed E-state index contributed by atoms with van der Waals surface area (Å²) in [6.07, 6.45) is 0.189. The van der Waals surface area contributed by atoms with Crippen molar-refractivity contribution < 1.29 is 18.0 Å². The van der Waals surface area contributed by atoms with Crippen molar-refractivity contribution in [1.29, 1.82) is 0 Å². The Labute approximate surface area is 165 Å². The Kier molecular flexibility index (Phi) is 5.30. The smallest absolute Gasteiger partial charge is 0.267 e. The van der Waals surface area contributed by atoms with Gasteiger partial charge in [-0.25, -0.2) is 12.7 Å². The van der Waals surface area contributed by atoms with Crippen molar-refractivity contribution in [3.8, 4) is 0 Å². The Hall–Kier alpha value is -2.67. The van der Waals surface area contributed by atoms with Gasteiger partial charge in [-0.3, -0.25) is 9.59 Å². The molecule has 1 saturated heterocycles. The molecule has 0 bridgehead atoms. The first-order valence-electron chi connectivity index (χ1n) is 9.14. The molecule has 2 amide bonds. The molecule has 0 spiro atoms. The molecule has 6 nitrogen and oxygen atoms in total. The Morgan fingerprint density at radius 1 is 1.00 bits per heavy atom. The van der Waals surface area contributed by atoms with Gasteiger partial charge in [0, 0.05) is 12.1 Å². The first kappa shape index (κ1) is 20.1. The topological polar surface area (TPSA) is 83.6 Å². The third-order valence-electron chi connectivity index (χ3n) is 4.97. The van der Waals surface area contributed by atoms with E-state index >= 15 is 0 Å². The molecule has 7 heteroatoms. The summed E-state index contributed by atoms with van der Waals surface area (Å²) < 4.78 is 26.8. The van der Waals surface area contributed by atoms with Crippen molar-refractivity contribution in [1.82, 2.24) is 4.31 Å². The number of carbonyl (C=O) groups excluding carboxylic acids is 2. The van der Waals surface area contributed by atoms with Crippen LogP contribution in [-0.4, -0.2) is 30.6 Å². The molecule has 28 heavy (non-hydrogen) atoms. The second-order valence-corrected chi connectivity index (χ2v) is 9.14. The first-order chi connectivity index (χ1) is 13.1. The average Bonchev–Trinajstić information content (AvgIpc) is 3.01. The maximum Gasteiger partial charge on any atom is 0.267 e. The molecule has 0 aromatic heterocycles. The van der Waals surface area contributed by atoms with E-state index in [1.165, 1.54) is 12.1 Å². The highest BCUT2D eigenvalue weighted by atomic mass is 32.2. The van der Waals surface area contributed by atoms with Crippen molar-refractivity contribution >= 4 is 27.5 Å². The standard InChI is InChI=1S/C21H24N2O4S/c1-13-5-7-17(8-6-13)28(26,27)23-18(9-10-19(23)24)21(25)22-20-15(3)11-14(2)12-16(20)4/h5-8,11-12,18H,9-10H2,1-4H3,(H,22,25)/t18-/m0/s1. The zero-order valence-corrected chi connectivity index (χ0v) is 17.3. The minimum atomic E-state index is -4.10. The van der Waals surface area contributed by atoms with Crippen molar-refractivity contribution in [2.45, 2.75) is 51.5 Å². The molecule has 3 rings (SSSR count). The zero-order chi connectivity index (χ0) is 20.6. The largest absolute Gasteiger partial charge is 0.324 e. The van der Waals surface area contributed by atoms with Gasteiger partial charge in [-0.1, -0.05) is 35.4 Å². The quantitative estimate of drug-likeness (QED) is 0.854. The molecule has 2 aromatic rings. The summed E-state index contributed by atoms with van der Waals surface area (Å²) in [5, 5.41) is 2.83. The van der Waals surface area contributed by atoms with Gasteiger partial charge < -0.3 is 5.32 Å². The minimum Gasteiger partial charge on any atom is -0.324 e. The van der Waals surface area contributed by atoms with Crippen LogP contribution >= 0.6 is 0 Å². The number of carbonyl (C=O) groups is 2. The van der Waals surface area contributed by atoms with Gasteiger partial charge >= 0.3 is 0 Å². The number of benzene rings is 2. The summed E-state index contributed by atoms with van der Waals surface area (Å²) >= 11 is 0. The number of nitrogens with zero attached hydrogens (tertiary/aromatic N) is 1. The lowest BCUT2D eigenvalue weighted by Crippen LogP contribution is -2.45. The number of sulfonamides is 1. The third kappa shape index (κ3) is 3.67. The van der Waals surface area contributed by atoms with Crippen LogP contribution in [0.5, 0.6) is 0 Å². The molecule has 148 valence electrons. The number of anilines is 1. The average molecular weight is 401 g/mol. The lowest BCUT2D eigenvalue weighted by atomic mass is 10.0. The summed E-state index contributed by atoms with van der Waals surface area (Å²) in [6, 6.07) is 9.09. The van der Waals surface area contributed by atoms with Gasteiger partial charge in [-0.05, 0) is 57.4 Å². The van der Waals surface area contributed by atoms with Crippen LogP contribution in [0.1, 0.15) is 35.1 Å². The predicted molar refractivity (Wildman–Crippen MR) is 108 cm³/mol. The third-order valence-corrected chi connectivity index (χ3v) is 6.81. The second-order valence-electron chi connectivity index (χ2n) is 7.33. The predicted octanol–water partition coefficient (Wildman–Crippen LogP) is 3.24. The van der Waals surface area contributed by atoms with Crippen LogP contribution in [0, 0.1) is 27.7 Å². The van der Waals surface area contributed by atoms with Crippen LogP contribution in [0.3, 0.4) is 0 Å². The number of nitrogens with one attached hydrogen (secondary N) is 1. The highest BCUT2D eigenvalue weighted by Gasteiger charge is 2.44. The van der Waals surface area contributed by atoms with Crippen molar-refractivity contribution in [3.05, 3.63) is 58.7 Å². The van der Waals surface area contributed by atoms with Gasteiger partial charge in [0.05, 0.1) is 4.90 Å². The molecule has 1 fully saturated rings. The summed E-state index contributed by atoms with van der Waals surface area (Å²) in [6.45, 7) is 7.59.